The van der Waals surface area contributed by atoms with E-state index < -0.39 is 5.60 Å². The second-order valence-corrected chi connectivity index (χ2v) is 14.8. The first-order chi connectivity index (χ1) is 14.2. The number of hydrogen-bond acceptors (Lipinski definition) is 2. The minimum atomic E-state index is -0.602. The minimum Gasteiger partial charge on any atom is -0.512 e. The number of allylic oxidation sites excluding steroid dienone is 1. The summed E-state index contributed by atoms with van der Waals surface area (Å²) in [6.07, 6.45) is 12.4. The highest BCUT2D eigenvalue weighted by molar-refractivity contribution is 5.36. The van der Waals surface area contributed by atoms with Crippen LogP contribution in [0, 0.1) is 44.8 Å². The van der Waals surface area contributed by atoms with E-state index in [4.69, 9.17) is 0 Å². The lowest BCUT2D eigenvalue weighted by Gasteiger charge is -2.70. The lowest BCUT2D eigenvalue weighted by molar-refractivity contribution is -0.195. The van der Waals surface area contributed by atoms with Gasteiger partial charge in [-0.05, 0) is 102 Å². The van der Waals surface area contributed by atoms with Crippen LogP contribution in [0.15, 0.2) is 11.3 Å². The molecule has 4 saturated carbocycles. The molecule has 176 valence electrons. The van der Waals surface area contributed by atoms with Gasteiger partial charge in [-0.15, -0.1) is 0 Å². The SMILES string of the molecule is CC1(C)CCC2(O)CCC3(C)C(=C(O)CC4C5(C)CCCC(C)(C)C5CCC43C)C2C1. The van der Waals surface area contributed by atoms with Crippen LogP contribution in [0.25, 0.3) is 0 Å². The Morgan fingerprint density at radius 3 is 2.16 bits per heavy atom. The van der Waals surface area contributed by atoms with Crippen molar-refractivity contribution in [3.05, 3.63) is 11.3 Å². The van der Waals surface area contributed by atoms with Gasteiger partial charge in [0.1, 0.15) is 0 Å². The number of fused-ring (bicyclic) bond motifs is 7. The fourth-order valence-electron chi connectivity index (χ4n) is 10.4. The Balaban J connectivity index is 1.63. The van der Waals surface area contributed by atoms with E-state index in [0.717, 1.165) is 44.4 Å². The van der Waals surface area contributed by atoms with E-state index in [0.29, 0.717) is 22.5 Å². The largest absolute Gasteiger partial charge is 0.512 e. The van der Waals surface area contributed by atoms with Crippen molar-refractivity contribution < 1.29 is 10.2 Å². The van der Waals surface area contributed by atoms with Crippen LogP contribution < -0.4 is 0 Å². The zero-order chi connectivity index (χ0) is 22.7. The van der Waals surface area contributed by atoms with E-state index in [2.05, 4.69) is 48.5 Å². The van der Waals surface area contributed by atoms with Gasteiger partial charge in [0.25, 0.3) is 0 Å². The molecule has 2 heteroatoms. The van der Waals surface area contributed by atoms with Crippen LogP contribution in [0.2, 0.25) is 0 Å². The molecule has 0 saturated heterocycles. The Labute approximate surface area is 191 Å². The maximum atomic E-state index is 11.7. The maximum absolute atomic E-state index is 11.7. The van der Waals surface area contributed by atoms with Gasteiger partial charge in [0, 0.05) is 12.3 Å². The lowest BCUT2D eigenvalue weighted by atomic mass is 9.34. The van der Waals surface area contributed by atoms with Crippen LogP contribution in [0.5, 0.6) is 0 Å². The average molecular weight is 429 g/mol. The Bertz CT molecular complexity index is 808. The third-order valence-corrected chi connectivity index (χ3v) is 12.4. The molecule has 0 aromatic rings. The normalized spacial score (nSPS) is 53.1. The van der Waals surface area contributed by atoms with E-state index in [1.807, 2.05) is 0 Å². The smallest absolute Gasteiger partial charge is 0.0927 e. The van der Waals surface area contributed by atoms with Gasteiger partial charge >= 0.3 is 0 Å². The molecule has 2 N–H and O–H groups in total. The van der Waals surface area contributed by atoms with Crippen molar-refractivity contribution >= 4 is 0 Å². The topological polar surface area (TPSA) is 40.5 Å². The van der Waals surface area contributed by atoms with Gasteiger partial charge < -0.3 is 10.2 Å². The van der Waals surface area contributed by atoms with Crippen molar-refractivity contribution in [2.24, 2.45) is 44.8 Å². The molecular formula is C29H48O2. The number of hydrogen-bond donors (Lipinski definition) is 2. The third kappa shape index (κ3) is 2.79. The van der Waals surface area contributed by atoms with E-state index in [1.165, 1.54) is 37.7 Å². The van der Waals surface area contributed by atoms with E-state index in [1.54, 1.807) is 0 Å². The summed E-state index contributed by atoms with van der Waals surface area (Å²) in [6.45, 7) is 17.4. The summed E-state index contributed by atoms with van der Waals surface area (Å²) < 4.78 is 0. The molecule has 0 radical (unpaired) electrons. The maximum Gasteiger partial charge on any atom is 0.0927 e. The molecule has 5 aliphatic carbocycles. The second kappa shape index (κ2) is 6.34. The van der Waals surface area contributed by atoms with Gasteiger partial charge in [0.2, 0.25) is 0 Å². The van der Waals surface area contributed by atoms with Gasteiger partial charge in [-0.25, -0.2) is 0 Å². The van der Waals surface area contributed by atoms with Crippen LogP contribution in [0.1, 0.15) is 119 Å². The van der Waals surface area contributed by atoms with Gasteiger partial charge in [-0.1, -0.05) is 54.9 Å². The molecule has 0 heterocycles. The molecule has 0 amide bonds. The zero-order valence-electron chi connectivity index (χ0n) is 21.4. The summed E-state index contributed by atoms with van der Waals surface area (Å²) >= 11 is 0. The molecule has 0 aromatic carbocycles. The summed E-state index contributed by atoms with van der Waals surface area (Å²) in [5.41, 5.74) is 1.89. The molecule has 5 rings (SSSR count). The summed E-state index contributed by atoms with van der Waals surface area (Å²) in [7, 11) is 0. The number of aliphatic hydroxyl groups excluding tert-OH is 1. The molecule has 0 aromatic heterocycles. The second-order valence-electron chi connectivity index (χ2n) is 14.8. The Morgan fingerprint density at radius 1 is 0.774 bits per heavy atom. The molecule has 0 spiro atoms. The monoisotopic (exact) mass is 428 g/mol. The van der Waals surface area contributed by atoms with Crippen LogP contribution in [0.3, 0.4) is 0 Å². The number of rotatable bonds is 0. The van der Waals surface area contributed by atoms with Gasteiger partial charge in [-0.2, -0.15) is 0 Å². The minimum absolute atomic E-state index is 0.0138. The van der Waals surface area contributed by atoms with Crippen LogP contribution in [-0.4, -0.2) is 15.8 Å². The fourth-order valence-corrected chi connectivity index (χ4v) is 10.4. The fraction of sp³-hybridized carbons (Fsp3) is 0.931. The molecule has 2 nitrogen and oxygen atoms in total. The summed E-state index contributed by atoms with van der Waals surface area (Å²) in [4.78, 5) is 0. The van der Waals surface area contributed by atoms with E-state index >= 15 is 0 Å². The molecule has 5 aliphatic rings. The molecule has 4 fully saturated rings. The molecular weight excluding hydrogens is 380 g/mol. The van der Waals surface area contributed by atoms with Crippen molar-refractivity contribution in [2.45, 2.75) is 125 Å². The van der Waals surface area contributed by atoms with Crippen LogP contribution >= 0.6 is 0 Å². The molecule has 7 atom stereocenters. The van der Waals surface area contributed by atoms with Crippen molar-refractivity contribution in [1.29, 1.82) is 0 Å². The summed E-state index contributed by atoms with van der Waals surface area (Å²) in [5.74, 6) is 2.13. The van der Waals surface area contributed by atoms with Gasteiger partial charge in [-0.3, -0.25) is 0 Å². The molecule has 31 heavy (non-hydrogen) atoms. The van der Waals surface area contributed by atoms with Crippen molar-refractivity contribution in [2.75, 3.05) is 0 Å². The van der Waals surface area contributed by atoms with E-state index in [-0.39, 0.29) is 22.2 Å². The van der Waals surface area contributed by atoms with Gasteiger partial charge in [0.05, 0.1) is 11.4 Å². The Hall–Kier alpha value is -0.500. The third-order valence-electron chi connectivity index (χ3n) is 12.4. The predicted octanol–water partition coefficient (Wildman–Crippen LogP) is 7.81. The van der Waals surface area contributed by atoms with Gasteiger partial charge in [0.15, 0.2) is 0 Å². The van der Waals surface area contributed by atoms with Crippen molar-refractivity contribution in [3.8, 4) is 0 Å². The first-order valence-corrected chi connectivity index (χ1v) is 13.3. The summed E-state index contributed by atoms with van der Waals surface area (Å²) in [5, 5.41) is 23.5. The Morgan fingerprint density at radius 2 is 1.45 bits per heavy atom. The highest BCUT2D eigenvalue weighted by Gasteiger charge is 2.68. The highest BCUT2D eigenvalue weighted by Crippen LogP contribution is 2.75. The first kappa shape index (κ1) is 22.3. The molecule has 0 bridgehead atoms. The predicted molar refractivity (Wildman–Crippen MR) is 128 cm³/mol. The standard InChI is InChI=1S/C29H48O2/c1-24(2)13-15-29(31)16-14-28(7)23(19(29)18-24)20(30)17-22-26(5)11-8-10-25(3,4)21(26)9-12-27(22,28)6/h19,21-22,30-31H,8-18H2,1-7H3. The quantitative estimate of drug-likeness (QED) is 0.413. The zero-order valence-corrected chi connectivity index (χ0v) is 21.4. The van der Waals surface area contributed by atoms with Crippen LogP contribution in [-0.2, 0) is 0 Å². The van der Waals surface area contributed by atoms with Crippen molar-refractivity contribution in [3.63, 3.8) is 0 Å². The first-order valence-electron chi connectivity index (χ1n) is 13.3. The lowest BCUT2D eigenvalue weighted by Crippen LogP contribution is -2.64. The van der Waals surface area contributed by atoms with Crippen LogP contribution in [0.4, 0.5) is 0 Å². The molecule has 7 unspecified atom stereocenters. The molecule has 0 aliphatic heterocycles. The van der Waals surface area contributed by atoms with E-state index in [9.17, 15) is 10.2 Å². The Kier molecular flexibility index (Phi) is 4.56. The van der Waals surface area contributed by atoms with Crippen molar-refractivity contribution in [1.82, 2.24) is 0 Å². The highest BCUT2D eigenvalue weighted by atomic mass is 16.3. The number of aliphatic hydroxyl groups is 2. The average Bonchev–Trinajstić information content (AvgIpc) is 2.64. The summed E-state index contributed by atoms with van der Waals surface area (Å²) in [6, 6.07) is 0.